The van der Waals surface area contributed by atoms with E-state index in [1.54, 1.807) is 6.92 Å². The molecule has 0 spiro atoms. The normalized spacial score (nSPS) is 14.6. The van der Waals surface area contributed by atoms with Crippen molar-refractivity contribution in [1.82, 2.24) is 0 Å². The highest BCUT2D eigenvalue weighted by molar-refractivity contribution is 5.36. The number of aliphatic hydroxyl groups is 1. The van der Waals surface area contributed by atoms with Gasteiger partial charge in [-0.25, -0.2) is 0 Å². The topological polar surface area (TPSA) is 46.2 Å². The van der Waals surface area contributed by atoms with Gasteiger partial charge in [0.25, 0.3) is 0 Å². The van der Waals surface area contributed by atoms with E-state index in [1.165, 1.54) is 0 Å². The van der Waals surface area contributed by atoms with Crippen molar-refractivity contribution in [2.24, 2.45) is 5.73 Å². The van der Waals surface area contributed by atoms with Crippen molar-refractivity contribution in [2.45, 2.75) is 12.5 Å². The molecule has 0 amide bonds. The van der Waals surface area contributed by atoms with Crippen LogP contribution in [0.15, 0.2) is 24.3 Å². The van der Waals surface area contributed by atoms with Gasteiger partial charge in [0.2, 0.25) is 0 Å². The van der Waals surface area contributed by atoms with E-state index in [1.807, 2.05) is 24.3 Å². The van der Waals surface area contributed by atoms with Gasteiger partial charge in [-0.05, 0) is 24.6 Å². The van der Waals surface area contributed by atoms with Gasteiger partial charge < -0.3 is 10.8 Å². The number of rotatable bonds is 2. The van der Waals surface area contributed by atoms with Crippen LogP contribution in [0.1, 0.15) is 18.1 Å². The Bertz CT molecular complexity index is 319. The lowest BCUT2D eigenvalue weighted by Crippen LogP contribution is -2.36. The Labute approximate surface area is 78.4 Å². The monoisotopic (exact) mass is 175 g/mol. The zero-order valence-electron chi connectivity index (χ0n) is 7.62. The summed E-state index contributed by atoms with van der Waals surface area (Å²) in [5.41, 5.74) is 6.84. The minimum absolute atomic E-state index is 0.0810. The zero-order chi connectivity index (χ0) is 9.90. The lowest BCUT2D eigenvalue weighted by Gasteiger charge is -2.22. The quantitative estimate of drug-likeness (QED) is 0.654. The molecule has 1 rings (SSSR count). The summed E-state index contributed by atoms with van der Waals surface area (Å²) in [6.07, 6.45) is 5.21. The van der Waals surface area contributed by atoms with Crippen LogP contribution in [-0.4, -0.2) is 11.7 Å². The Morgan fingerprint density at radius 3 is 2.38 bits per heavy atom. The first-order chi connectivity index (χ1) is 6.10. The molecule has 0 saturated carbocycles. The largest absolute Gasteiger partial charge is 0.394 e. The summed E-state index contributed by atoms with van der Waals surface area (Å²) in [4.78, 5) is 0. The smallest absolute Gasteiger partial charge is 0.0650 e. The van der Waals surface area contributed by atoms with Crippen LogP contribution in [-0.2, 0) is 5.54 Å². The van der Waals surface area contributed by atoms with E-state index < -0.39 is 5.54 Å². The maximum atomic E-state index is 9.01. The van der Waals surface area contributed by atoms with Crippen LogP contribution in [0.5, 0.6) is 0 Å². The van der Waals surface area contributed by atoms with E-state index >= 15 is 0 Å². The van der Waals surface area contributed by atoms with E-state index in [0.717, 1.165) is 11.1 Å². The van der Waals surface area contributed by atoms with Gasteiger partial charge in [-0.2, -0.15) is 0 Å². The van der Waals surface area contributed by atoms with Crippen molar-refractivity contribution in [2.75, 3.05) is 6.61 Å². The van der Waals surface area contributed by atoms with Gasteiger partial charge in [0, 0.05) is 5.56 Å². The number of benzene rings is 1. The fraction of sp³-hybridized carbons (Fsp3) is 0.273. The Balaban J connectivity index is 3.00. The molecule has 0 aliphatic heterocycles. The van der Waals surface area contributed by atoms with Crippen LogP contribution >= 0.6 is 0 Å². The molecule has 13 heavy (non-hydrogen) atoms. The molecular weight excluding hydrogens is 162 g/mol. The van der Waals surface area contributed by atoms with Gasteiger partial charge in [0.1, 0.15) is 0 Å². The molecule has 0 heterocycles. The van der Waals surface area contributed by atoms with Gasteiger partial charge in [-0.3, -0.25) is 0 Å². The van der Waals surface area contributed by atoms with Gasteiger partial charge in [-0.15, -0.1) is 6.42 Å². The second kappa shape index (κ2) is 3.61. The van der Waals surface area contributed by atoms with Crippen molar-refractivity contribution in [3.8, 4) is 12.3 Å². The van der Waals surface area contributed by atoms with Gasteiger partial charge >= 0.3 is 0 Å². The van der Waals surface area contributed by atoms with E-state index in [4.69, 9.17) is 17.3 Å². The van der Waals surface area contributed by atoms with Crippen molar-refractivity contribution in [1.29, 1.82) is 0 Å². The molecule has 0 aliphatic rings. The summed E-state index contributed by atoms with van der Waals surface area (Å²) in [6, 6.07) is 7.31. The van der Waals surface area contributed by atoms with Crippen LogP contribution < -0.4 is 5.73 Å². The van der Waals surface area contributed by atoms with Crippen molar-refractivity contribution < 1.29 is 5.11 Å². The third-order valence-corrected chi connectivity index (χ3v) is 2.04. The molecule has 0 saturated heterocycles. The summed E-state index contributed by atoms with van der Waals surface area (Å²) in [7, 11) is 0. The first-order valence-corrected chi connectivity index (χ1v) is 4.07. The first-order valence-electron chi connectivity index (χ1n) is 4.07. The molecule has 68 valence electrons. The molecule has 1 aromatic carbocycles. The lowest BCUT2D eigenvalue weighted by molar-refractivity contribution is 0.210. The molecule has 0 unspecified atom stereocenters. The standard InChI is InChI=1S/C11H13NO/c1-3-9-4-6-10(7-5-9)11(2,12)8-13/h1,4-7,13H,8,12H2,2H3/t11-/m1/s1. The SMILES string of the molecule is C#Cc1ccc([C@](C)(N)CO)cc1. The van der Waals surface area contributed by atoms with Crippen LogP contribution in [0.2, 0.25) is 0 Å². The molecule has 1 atom stereocenters. The maximum Gasteiger partial charge on any atom is 0.0650 e. The number of terminal acetylenes is 1. The van der Waals surface area contributed by atoms with Crippen LogP contribution in [0.4, 0.5) is 0 Å². The molecule has 3 N–H and O–H groups in total. The van der Waals surface area contributed by atoms with Crippen molar-refractivity contribution in [3.05, 3.63) is 35.4 Å². The Kier molecular flexibility index (Phi) is 2.72. The van der Waals surface area contributed by atoms with Crippen molar-refractivity contribution in [3.63, 3.8) is 0 Å². The molecule has 0 bridgehead atoms. The average Bonchev–Trinajstić information content (AvgIpc) is 2.18. The van der Waals surface area contributed by atoms with Crippen LogP contribution in [0.25, 0.3) is 0 Å². The van der Waals surface area contributed by atoms with Crippen molar-refractivity contribution >= 4 is 0 Å². The van der Waals surface area contributed by atoms with E-state index in [-0.39, 0.29) is 6.61 Å². The lowest BCUT2D eigenvalue weighted by atomic mass is 9.93. The Morgan fingerprint density at radius 2 is 2.00 bits per heavy atom. The highest BCUT2D eigenvalue weighted by atomic mass is 16.3. The number of hydrogen-bond donors (Lipinski definition) is 2. The average molecular weight is 175 g/mol. The molecular formula is C11H13NO. The Hall–Kier alpha value is -1.30. The summed E-state index contributed by atoms with van der Waals surface area (Å²) in [6.45, 7) is 1.69. The second-order valence-corrected chi connectivity index (χ2v) is 3.30. The predicted octanol–water partition coefficient (Wildman–Crippen LogP) is 0.834. The fourth-order valence-corrected chi connectivity index (χ4v) is 1.04. The molecule has 0 fully saturated rings. The fourth-order valence-electron chi connectivity index (χ4n) is 1.04. The predicted molar refractivity (Wildman–Crippen MR) is 53.0 cm³/mol. The maximum absolute atomic E-state index is 9.01. The summed E-state index contributed by atoms with van der Waals surface area (Å²) >= 11 is 0. The molecule has 0 aliphatic carbocycles. The second-order valence-electron chi connectivity index (χ2n) is 3.30. The molecule has 2 nitrogen and oxygen atoms in total. The van der Waals surface area contributed by atoms with E-state index in [0.29, 0.717) is 0 Å². The minimum atomic E-state index is -0.687. The highest BCUT2D eigenvalue weighted by Gasteiger charge is 2.18. The summed E-state index contributed by atoms with van der Waals surface area (Å²) in [5, 5.41) is 9.01. The zero-order valence-corrected chi connectivity index (χ0v) is 7.62. The van der Waals surface area contributed by atoms with Gasteiger partial charge in [-0.1, -0.05) is 18.1 Å². The highest BCUT2D eigenvalue weighted by Crippen LogP contribution is 2.16. The van der Waals surface area contributed by atoms with Crippen LogP contribution in [0, 0.1) is 12.3 Å². The van der Waals surface area contributed by atoms with Crippen LogP contribution in [0.3, 0.4) is 0 Å². The third-order valence-electron chi connectivity index (χ3n) is 2.04. The van der Waals surface area contributed by atoms with Gasteiger partial charge in [0.05, 0.1) is 12.1 Å². The number of nitrogens with two attached hydrogens (primary N) is 1. The summed E-state index contributed by atoms with van der Waals surface area (Å²) in [5.74, 6) is 2.52. The summed E-state index contributed by atoms with van der Waals surface area (Å²) < 4.78 is 0. The number of hydrogen-bond acceptors (Lipinski definition) is 2. The number of aliphatic hydroxyl groups excluding tert-OH is 1. The Morgan fingerprint density at radius 1 is 1.46 bits per heavy atom. The van der Waals surface area contributed by atoms with Gasteiger partial charge in [0.15, 0.2) is 0 Å². The molecule has 2 heteroatoms. The third kappa shape index (κ3) is 2.09. The molecule has 0 aromatic heterocycles. The molecule has 0 radical (unpaired) electrons. The van der Waals surface area contributed by atoms with E-state index in [2.05, 4.69) is 5.92 Å². The first kappa shape index (κ1) is 9.79. The molecule has 1 aromatic rings. The van der Waals surface area contributed by atoms with E-state index in [9.17, 15) is 0 Å². The minimum Gasteiger partial charge on any atom is -0.394 e.